The van der Waals surface area contributed by atoms with Gasteiger partial charge in [0, 0.05) is 12.6 Å². The first kappa shape index (κ1) is 10.4. The molecule has 1 amide bonds. The Bertz CT molecular complexity index is 517. The van der Waals surface area contributed by atoms with Gasteiger partial charge in [-0.2, -0.15) is 0 Å². The topological polar surface area (TPSA) is 55.1 Å². The number of aromatic nitrogens is 1. The highest BCUT2D eigenvalue weighted by Crippen LogP contribution is 2.11. The first-order valence-corrected chi connectivity index (χ1v) is 4.95. The molecular formula is C12H12N2O2. The molecule has 2 aromatic rings. The minimum atomic E-state index is -0.286. The molecule has 1 heterocycles. The first-order chi connectivity index (χ1) is 7.65. The summed E-state index contributed by atoms with van der Waals surface area (Å²) in [5, 5.41) is 2.74. The lowest BCUT2D eigenvalue weighted by Crippen LogP contribution is -2.10. The second-order valence-corrected chi connectivity index (χ2v) is 3.57. The maximum absolute atomic E-state index is 11.7. The number of benzene rings is 1. The first-order valence-electron chi connectivity index (χ1n) is 4.95. The molecule has 1 aromatic carbocycles. The third-order valence-corrected chi connectivity index (χ3v) is 2.12. The molecule has 0 saturated carbocycles. The van der Waals surface area contributed by atoms with Crippen molar-refractivity contribution in [1.29, 1.82) is 0 Å². The number of aryl methyl sites for hydroxylation is 2. The van der Waals surface area contributed by atoms with Crippen LogP contribution in [-0.4, -0.2) is 10.9 Å². The standard InChI is InChI=1S/C12H12N2O2/c1-8-4-3-5-10(6-8)14-12(15)11-7-13-9(2)16-11/h3-7H,1-2H3,(H,14,15). The number of rotatable bonds is 2. The minimum absolute atomic E-state index is 0.221. The zero-order valence-corrected chi connectivity index (χ0v) is 9.15. The van der Waals surface area contributed by atoms with Gasteiger partial charge in [-0.25, -0.2) is 4.98 Å². The lowest BCUT2D eigenvalue weighted by molar-refractivity contribution is 0.0995. The van der Waals surface area contributed by atoms with Crippen LogP contribution in [0.3, 0.4) is 0 Å². The van der Waals surface area contributed by atoms with Crippen LogP contribution in [0.5, 0.6) is 0 Å². The normalized spacial score (nSPS) is 10.1. The van der Waals surface area contributed by atoms with Crippen LogP contribution in [0, 0.1) is 13.8 Å². The van der Waals surface area contributed by atoms with Crippen molar-refractivity contribution in [3.63, 3.8) is 0 Å². The molecule has 0 aliphatic rings. The summed E-state index contributed by atoms with van der Waals surface area (Å²) in [4.78, 5) is 15.6. The molecule has 0 aliphatic heterocycles. The third-order valence-electron chi connectivity index (χ3n) is 2.12. The fourth-order valence-corrected chi connectivity index (χ4v) is 1.38. The Morgan fingerprint density at radius 2 is 2.19 bits per heavy atom. The molecule has 2 rings (SSSR count). The zero-order valence-electron chi connectivity index (χ0n) is 9.15. The van der Waals surface area contributed by atoms with E-state index in [2.05, 4.69) is 10.3 Å². The monoisotopic (exact) mass is 216 g/mol. The third kappa shape index (κ3) is 2.28. The summed E-state index contributed by atoms with van der Waals surface area (Å²) in [6.07, 6.45) is 1.42. The molecule has 16 heavy (non-hydrogen) atoms. The summed E-state index contributed by atoms with van der Waals surface area (Å²) in [5.41, 5.74) is 1.84. The van der Waals surface area contributed by atoms with Crippen LogP contribution < -0.4 is 5.32 Å². The Morgan fingerprint density at radius 1 is 1.38 bits per heavy atom. The smallest absolute Gasteiger partial charge is 0.293 e. The number of nitrogens with zero attached hydrogens (tertiary/aromatic N) is 1. The average molecular weight is 216 g/mol. The predicted octanol–water partition coefficient (Wildman–Crippen LogP) is 2.54. The van der Waals surface area contributed by atoms with Crippen LogP contribution in [0.2, 0.25) is 0 Å². The molecule has 0 saturated heterocycles. The van der Waals surface area contributed by atoms with Crippen molar-refractivity contribution in [2.75, 3.05) is 5.32 Å². The molecule has 0 bridgehead atoms. The number of carbonyl (C=O) groups excluding carboxylic acids is 1. The van der Waals surface area contributed by atoms with Gasteiger partial charge in [-0.3, -0.25) is 4.79 Å². The Morgan fingerprint density at radius 3 is 2.81 bits per heavy atom. The molecule has 0 fully saturated rings. The molecule has 4 heteroatoms. The molecule has 4 nitrogen and oxygen atoms in total. The lowest BCUT2D eigenvalue weighted by Gasteiger charge is -2.03. The van der Waals surface area contributed by atoms with E-state index in [9.17, 15) is 4.79 Å². The highest BCUT2D eigenvalue weighted by atomic mass is 16.4. The minimum Gasteiger partial charge on any atom is -0.436 e. The fraction of sp³-hybridized carbons (Fsp3) is 0.167. The van der Waals surface area contributed by atoms with Gasteiger partial charge < -0.3 is 9.73 Å². The largest absolute Gasteiger partial charge is 0.436 e. The van der Waals surface area contributed by atoms with E-state index in [0.29, 0.717) is 5.89 Å². The van der Waals surface area contributed by atoms with Crippen molar-refractivity contribution in [3.05, 3.63) is 47.7 Å². The van der Waals surface area contributed by atoms with Crippen molar-refractivity contribution in [3.8, 4) is 0 Å². The molecule has 82 valence electrons. The van der Waals surface area contributed by atoms with Crippen molar-refractivity contribution in [2.45, 2.75) is 13.8 Å². The molecule has 0 unspecified atom stereocenters. The van der Waals surface area contributed by atoms with Gasteiger partial charge in [0.1, 0.15) is 0 Å². The van der Waals surface area contributed by atoms with Crippen LogP contribution in [0.15, 0.2) is 34.9 Å². The van der Waals surface area contributed by atoms with Gasteiger partial charge in [0.25, 0.3) is 5.91 Å². The maximum atomic E-state index is 11.7. The van der Waals surface area contributed by atoms with Gasteiger partial charge in [-0.1, -0.05) is 12.1 Å². The van der Waals surface area contributed by atoms with Gasteiger partial charge in [0.15, 0.2) is 5.89 Å². The van der Waals surface area contributed by atoms with E-state index in [4.69, 9.17) is 4.42 Å². The predicted molar refractivity (Wildman–Crippen MR) is 60.4 cm³/mol. The van der Waals surface area contributed by atoms with Crippen LogP contribution in [0.4, 0.5) is 5.69 Å². The van der Waals surface area contributed by atoms with Crippen molar-refractivity contribution >= 4 is 11.6 Å². The van der Waals surface area contributed by atoms with E-state index in [1.54, 1.807) is 6.92 Å². The molecule has 0 radical (unpaired) electrons. The quantitative estimate of drug-likeness (QED) is 0.839. The summed E-state index contributed by atoms with van der Waals surface area (Å²) in [6, 6.07) is 7.57. The van der Waals surface area contributed by atoms with Crippen LogP contribution in [0.25, 0.3) is 0 Å². The number of carbonyl (C=O) groups is 1. The summed E-state index contributed by atoms with van der Waals surface area (Å²) < 4.78 is 5.12. The van der Waals surface area contributed by atoms with Crippen LogP contribution >= 0.6 is 0 Å². The van der Waals surface area contributed by atoms with Crippen molar-refractivity contribution in [1.82, 2.24) is 4.98 Å². The van der Waals surface area contributed by atoms with E-state index in [1.807, 2.05) is 31.2 Å². The second kappa shape index (κ2) is 4.18. The SMILES string of the molecule is Cc1cccc(NC(=O)c2cnc(C)o2)c1. The Labute approximate surface area is 93.3 Å². The summed E-state index contributed by atoms with van der Waals surface area (Å²) in [5.74, 6) is 0.416. The zero-order chi connectivity index (χ0) is 11.5. The van der Waals surface area contributed by atoms with E-state index < -0.39 is 0 Å². The summed E-state index contributed by atoms with van der Waals surface area (Å²) in [7, 11) is 0. The number of hydrogen-bond donors (Lipinski definition) is 1. The van der Waals surface area contributed by atoms with Crippen molar-refractivity contribution < 1.29 is 9.21 Å². The number of hydrogen-bond acceptors (Lipinski definition) is 3. The molecule has 0 aliphatic carbocycles. The molecule has 1 aromatic heterocycles. The number of oxazole rings is 1. The Balaban J connectivity index is 2.13. The van der Waals surface area contributed by atoms with E-state index in [-0.39, 0.29) is 11.7 Å². The van der Waals surface area contributed by atoms with Gasteiger partial charge >= 0.3 is 0 Å². The Hall–Kier alpha value is -2.10. The van der Waals surface area contributed by atoms with Gasteiger partial charge in [0.05, 0.1) is 6.20 Å². The van der Waals surface area contributed by atoms with E-state index in [0.717, 1.165) is 11.3 Å². The summed E-state index contributed by atoms with van der Waals surface area (Å²) >= 11 is 0. The van der Waals surface area contributed by atoms with Gasteiger partial charge in [0.2, 0.25) is 5.76 Å². The summed E-state index contributed by atoms with van der Waals surface area (Å²) in [6.45, 7) is 3.66. The lowest BCUT2D eigenvalue weighted by atomic mass is 10.2. The van der Waals surface area contributed by atoms with Gasteiger partial charge in [-0.15, -0.1) is 0 Å². The number of anilines is 1. The average Bonchev–Trinajstić information content (AvgIpc) is 2.65. The second-order valence-electron chi connectivity index (χ2n) is 3.57. The van der Waals surface area contributed by atoms with E-state index >= 15 is 0 Å². The number of amides is 1. The molecule has 0 spiro atoms. The van der Waals surface area contributed by atoms with Crippen LogP contribution in [-0.2, 0) is 0 Å². The highest BCUT2D eigenvalue weighted by molar-refractivity contribution is 6.02. The van der Waals surface area contributed by atoms with Crippen molar-refractivity contribution in [2.24, 2.45) is 0 Å². The Kier molecular flexibility index (Phi) is 2.72. The molecule has 0 atom stereocenters. The maximum Gasteiger partial charge on any atom is 0.293 e. The molecular weight excluding hydrogens is 204 g/mol. The molecule has 1 N–H and O–H groups in total. The number of nitrogens with one attached hydrogen (secondary N) is 1. The fourth-order valence-electron chi connectivity index (χ4n) is 1.38. The van der Waals surface area contributed by atoms with Gasteiger partial charge in [-0.05, 0) is 24.6 Å². The van der Waals surface area contributed by atoms with Crippen LogP contribution in [0.1, 0.15) is 22.0 Å². The highest BCUT2D eigenvalue weighted by Gasteiger charge is 2.10. The van der Waals surface area contributed by atoms with E-state index in [1.165, 1.54) is 6.20 Å².